The first kappa shape index (κ1) is 15.0. The van der Waals surface area contributed by atoms with E-state index < -0.39 is 0 Å². The summed E-state index contributed by atoms with van der Waals surface area (Å²) < 4.78 is 14.0. The van der Waals surface area contributed by atoms with E-state index in [0.29, 0.717) is 24.1 Å². The van der Waals surface area contributed by atoms with Gasteiger partial charge in [-0.05, 0) is 31.7 Å². The molecule has 0 radical (unpaired) electrons. The van der Waals surface area contributed by atoms with Gasteiger partial charge in [-0.25, -0.2) is 4.39 Å². The second-order valence-electron chi connectivity index (χ2n) is 5.81. The van der Waals surface area contributed by atoms with Gasteiger partial charge < -0.3 is 5.32 Å². The first-order chi connectivity index (χ1) is 9.72. The molecular formula is C17H23FN2. The molecule has 0 aromatic heterocycles. The topological polar surface area (TPSA) is 35.8 Å². The Morgan fingerprint density at radius 3 is 2.65 bits per heavy atom. The van der Waals surface area contributed by atoms with Crippen LogP contribution in [0, 0.1) is 23.1 Å². The lowest BCUT2D eigenvalue weighted by atomic mass is 9.93. The van der Waals surface area contributed by atoms with Crippen LogP contribution in [0.2, 0.25) is 0 Å². The molecule has 0 saturated heterocycles. The third-order valence-electron chi connectivity index (χ3n) is 4.42. The highest BCUT2D eigenvalue weighted by molar-refractivity contribution is 5.34. The number of nitriles is 1. The Morgan fingerprint density at radius 2 is 2.00 bits per heavy atom. The highest BCUT2D eigenvalue weighted by Crippen LogP contribution is 2.25. The quantitative estimate of drug-likeness (QED) is 0.837. The number of nitrogens with zero attached hydrogens (tertiary/aromatic N) is 1. The maximum absolute atomic E-state index is 14.0. The summed E-state index contributed by atoms with van der Waals surface area (Å²) in [6.07, 6.45) is 7.87. The number of hydrogen-bond acceptors (Lipinski definition) is 2. The minimum absolute atomic E-state index is 0.131. The first-order valence-corrected chi connectivity index (χ1v) is 7.63. The van der Waals surface area contributed by atoms with Crippen LogP contribution in [-0.4, -0.2) is 6.04 Å². The molecule has 0 aliphatic heterocycles. The van der Waals surface area contributed by atoms with Crippen molar-refractivity contribution in [3.8, 4) is 6.07 Å². The van der Waals surface area contributed by atoms with Crippen LogP contribution in [0.25, 0.3) is 0 Å². The lowest BCUT2D eigenvalue weighted by Crippen LogP contribution is -2.33. The molecule has 2 rings (SSSR count). The van der Waals surface area contributed by atoms with Crippen LogP contribution in [-0.2, 0) is 6.54 Å². The molecule has 20 heavy (non-hydrogen) atoms. The smallest absolute Gasteiger partial charge is 0.145 e. The number of rotatable bonds is 4. The monoisotopic (exact) mass is 274 g/mol. The van der Waals surface area contributed by atoms with E-state index in [-0.39, 0.29) is 11.4 Å². The molecule has 1 fully saturated rings. The van der Waals surface area contributed by atoms with Crippen molar-refractivity contribution < 1.29 is 4.39 Å². The van der Waals surface area contributed by atoms with Crippen molar-refractivity contribution in [1.29, 1.82) is 5.26 Å². The first-order valence-electron chi connectivity index (χ1n) is 7.63. The minimum atomic E-state index is -0.379. The zero-order valence-corrected chi connectivity index (χ0v) is 12.2. The van der Waals surface area contributed by atoms with E-state index in [0.717, 1.165) is 0 Å². The summed E-state index contributed by atoms with van der Waals surface area (Å²) >= 11 is 0. The predicted molar refractivity (Wildman–Crippen MR) is 78.6 cm³/mol. The fraction of sp³-hybridized carbons (Fsp3) is 0.588. The van der Waals surface area contributed by atoms with Gasteiger partial charge in [-0.15, -0.1) is 0 Å². The molecule has 1 saturated carbocycles. The van der Waals surface area contributed by atoms with Crippen molar-refractivity contribution in [2.45, 2.75) is 58.0 Å². The molecule has 2 nitrogen and oxygen atoms in total. The van der Waals surface area contributed by atoms with Crippen molar-refractivity contribution in [3.05, 3.63) is 35.1 Å². The Labute approximate surface area is 121 Å². The summed E-state index contributed by atoms with van der Waals surface area (Å²) in [6.45, 7) is 2.70. The van der Waals surface area contributed by atoms with E-state index in [1.807, 2.05) is 6.07 Å². The normalized spacial score (nSPS) is 18.2. The molecule has 0 bridgehead atoms. The summed E-state index contributed by atoms with van der Waals surface area (Å²) in [5.41, 5.74) is 0.718. The number of halogens is 1. The molecule has 0 spiro atoms. The van der Waals surface area contributed by atoms with E-state index >= 15 is 0 Å². The SMILES string of the molecule is C[C@@H](NCc1cccc(C#N)c1F)C1CCCCCC1. The predicted octanol–water partition coefficient (Wildman–Crippen LogP) is 4.15. The fourth-order valence-corrected chi connectivity index (χ4v) is 3.05. The van der Waals surface area contributed by atoms with Crippen molar-refractivity contribution in [2.75, 3.05) is 0 Å². The lowest BCUT2D eigenvalue weighted by Gasteiger charge is -2.23. The zero-order valence-electron chi connectivity index (χ0n) is 12.2. The Balaban J connectivity index is 1.93. The van der Waals surface area contributed by atoms with E-state index in [1.54, 1.807) is 12.1 Å². The van der Waals surface area contributed by atoms with Crippen molar-refractivity contribution in [1.82, 2.24) is 5.32 Å². The van der Waals surface area contributed by atoms with Crippen LogP contribution in [0.1, 0.15) is 56.6 Å². The minimum Gasteiger partial charge on any atom is -0.310 e. The fourth-order valence-electron chi connectivity index (χ4n) is 3.05. The summed E-state index contributed by atoms with van der Waals surface area (Å²) in [7, 11) is 0. The van der Waals surface area contributed by atoms with E-state index in [9.17, 15) is 4.39 Å². The lowest BCUT2D eigenvalue weighted by molar-refractivity contribution is 0.335. The van der Waals surface area contributed by atoms with Gasteiger partial charge in [0.2, 0.25) is 0 Å². The molecule has 0 amide bonds. The second kappa shape index (κ2) is 7.40. The molecule has 1 aromatic rings. The maximum atomic E-state index is 14.0. The number of hydrogen-bond donors (Lipinski definition) is 1. The molecule has 3 heteroatoms. The van der Waals surface area contributed by atoms with Crippen LogP contribution in [0.3, 0.4) is 0 Å². The standard InChI is InChI=1S/C17H23FN2/c1-13(14-7-4-2-3-5-8-14)20-12-16-10-6-9-15(11-19)17(16)18/h6,9-10,13-14,20H,2-5,7-8,12H2,1H3/t13-/m1/s1. The van der Waals surface area contributed by atoms with Crippen LogP contribution >= 0.6 is 0 Å². The van der Waals surface area contributed by atoms with Gasteiger partial charge >= 0.3 is 0 Å². The average molecular weight is 274 g/mol. The van der Waals surface area contributed by atoms with E-state index in [1.165, 1.54) is 44.6 Å². The van der Waals surface area contributed by atoms with Gasteiger partial charge in [-0.1, -0.05) is 37.8 Å². The van der Waals surface area contributed by atoms with Crippen LogP contribution in [0.4, 0.5) is 4.39 Å². The molecule has 1 atom stereocenters. The highest BCUT2D eigenvalue weighted by Gasteiger charge is 2.19. The van der Waals surface area contributed by atoms with E-state index in [4.69, 9.17) is 5.26 Å². The van der Waals surface area contributed by atoms with Gasteiger partial charge in [0.15, 0.2) is 0 Å². The number of nitrogens with one attached hydrogen (secondary N) is 1. The molecular weight excluding hydrogens is 251 g/mol. The third-order valence-corrected chi connectivity index (χ3v) is 4.42. The zero-order chi connectivity index (χ0) is 14.4. The van der Waals surface area contributed by atoms with Crippen LogP contribution < -0.4 is 5.32 Å². The molecule has 1 aliphatic carbocycles. The molecule has 1 N–H and O–H groups in total. The van der Waals surface area contributed by atoms with Gasteiger partial charge in [-0.3, -0.25) is 0 Å². The van der Waals surface area contributed by atoms with Gasteiger partial charge in [0.05, 0.1) is 5.56 Å². The largest absolute Gasteiger partial charge is 0.310 e. The Hall–Kier alpha value is -1.40. The van der Waals surface area contributed by atoms with Crippen molar-refractivity contribution in [3.63, 3.8) is 0 Å². The van der Waals surface area contributed by atoms with Gasteiger partial charge in [-0.2, -0.15) is 5.26 Å². The van der Waals surface area contributed by atoms with Crippen LogP contribution in [0.15, 0.2) is 18.2 Å². The number of benzene rings is 1. The molecule has 1 aromatic carbocycles. The Morgan fingerprint density at radius 1 is 1.30 bits per heavy atom. The second-order valence-corrected chi connectivity index (χ2v) is 5.81. The summed E-state index contributed by atoms with van der Waals surface area (Å²) in [5.74, 6) is 0.315. The average Bonchev–Trinajstić information content (AvgIpc) is 2.75. The Kier molecular flexibility index (Phi) is 5.55. The summed E-state index contributed by atoms with van der Waals surface area (Å²) in [5, 5.41) is 12.3. The van der Waals surface area contributed by atoms with E-state index in [2.05, 4.69) is 12.2 Å². The van der Waals surface area contributed by atoms with Crippen LogP contribution in [0.5, 0.6) is 0 Å². The maximum Gasteiger partial charge on any atom is 0.145 e. The Bertz CT molecular complexity index is 470. The summed E-state index contributed by atoms with van der Waals surface area (Å²) in [6, 6.07) is 7.31. The third kappa shape index (κ3) is 3.80. The van der Waals surface area contributed by atoms with Gasteiger partial charge in [0.25, 0.3) is 0 Å². The summed E-state index contributed by atoms with van der Waals surface area (Å²) in [4.78, 5) is 0. The molecule has 0 unspecified atom stereocenters. The molecule has 0 heterocycles. The van der Waals surface area contributed by atoms with Crippen molar-refractivity contribution >= 4 is 0 Å². The van der Waals surface area contributed by atoms with Gasteiger partial charge in [0, 0.05) is 18.2 Å². The molecule has 108 valence electrons. The van der Waals surface area contributed by atoms with Crippen molar-refractivity contribution in [2.24, 2.45) is 5.92 Å². The molecule has 1 aliphatic rings. The highest BCUT2D eigenvalue weighted by atomic mass is 19.1. The van der Waals surface area contributed by atoms with Gasteiger partial charge in [0.1, 0.15) is 11.9 Å².